The molecule has 1 N–H and O–H groups in total. The summed E-state index contributed by atoms with van der Waals surface area (Å²) in [5.41, 5.74) is 2.25. The molecule has 0 aromatic carbocycles. The molecule has 1 aromatic rings. The molecule has 1 aromatic heterocycles. The molecule has 3 nitrogen and oxygen atoms in total. The highest BCUT2D eigenvalue weighted by Gasteiger charge is 2.05. The maximum Gasteiger partial charge on any atom is 0.0686 e. The van der Waals surface area contributed by atoms with Gasteiger partial charge in [-0.15, -0.1) is 0 Å². The van der Waals surface area contributed by atoms with Gasteiger partial charge in [0.25, 0.3) is 0 Å². The minimum absolute atomic E-state index is 0.308. The monoisotopic (exact) mass is 180 g/mol. The standard InChI is InChI=1S/C10H16N2O/c1-8-6-11-5-4-10(8)12(3)7-9(2)13/h4-6,9,13H,7H2,1-3H3/t9-/m0/s1. The van der Waals surface area contributed by atoms with Crippen LogP contribution in [0.1, 0.15) is 12.5 Å². The van der Waals surface area contributed by atoms with Crippen LogP contribution >= 0.6 is 0 Å². The van der Waals surface area contributed by atoms with E-state index in [1.54, 1.807) is 13.1 Å². The zero-order chi connectivity index (χ0) is 9.84. The van der Waals surface area contributed by atoms with Crippen molar-refractivity contribution >= 4 is 5.69 Å². The maximum absolute atomic E-state index is 9.22. The van der Waals surface area contributed by atoms with Crippen molar-refractivity contribution in [3.05, 3.63) is 24.0 Å². The number of nitrogens with zero attached hydrogens (tertiary/aromatic N) is 2. The Morgan fingerprint density at radius 3 is 2.85 bits per heavy atom. The van der Waals surface area contributed by atoms with Crippen LogP contribution in [0.25, 0.3) is 0 Å². The summed E-state index contributed by atoms with van der Waals surface area (Å²) in [6, 6.07) is 1.96. The molecule has 0 unspecified atom stereocenters. The van der Waals surface area contributed by atoms with Crippen molar-refractivity contribution in [2.45, 2.75) is 20.0 Å². The van der Waals surface area contributed by atoms with Crippen LogP contribution in [-0.4, -0.2) is 29.8 Å². The number of anilines is 1. The number of pyridine rings is 1. The number of rotatable bonds is 3. The number of likely N-dealkylation sites (N-methyl/N-ethyl adjacent to an activating group) is 1. The molecule has 0 aliphatic rings. The van der Waals surface area contributed by atoms with Gasteiger partial charge in [-0.05, 0) is 25.5 Å². The van der Waals surface area contributed by atoms with Gasteiger partial charge in [0.05, 0.1) is 6.10 Å². The average molecular weight is 180 g/mol. The highest BCUT2D eigenvalue weighted by atomic mass is 16.3. The largest absolute Gasteiger partial charge is 0.392 e. The van der Waals surface area contributed by atoms with Crippen molar-refractivity contribution < 1.29 is 5.11 Å². The molecule has 0 spiro atoms. The molecule has 3 heteroatoms. The van der Waals surface area contributed by atoms with E-state index in [0.717, 1.165) is 11.3 Å². The molecule has 0 saturated heterocycles. The fraction of sp³-hybridized carbons (Fsp3) is 0.500. The van der Waals surface area contributed by atoms with E-state index >= 15 is 0 Å². The molecule has 0 fully saturated rings. The maximum atomic E-state index is 9.22. The Hall–Kier alpha value is -1.09. The van der Waals surface area contributed by atoms with Gasteiger partial charge < -0.3 is 10.0 Å². The molecular formula is C10H16N2O. The SMILES string of the molecule is Cc1cnccc1N(C)C[C@H](C)O. The van der Waals surface area contributed by atoms with Crippen molar-refractivity contribution in [1.82, 2.24) is 4.98 Å². The van der Waals surface area contributed by atoms with Crippen molar-refractivity contribution in [1.29, 1.82) is 0 Å². The Bertz CT molecular complexity index is 273. The third-order valence-corrected chi connectivity index (χ3v) is 1.94. The summed E-state index contributed by atoms with van der Waals surface area (Å²) in [6.07, 6.45) is 3.28. The Morgan fingerprint density at radius 1 is 1.62 bits per heavy atom. The van der Waals surface area contributed by atoms with Gasteiger partial charge in [0.1, 0.15) is 0 Å². The highest BCUT2D eigenvalue weighted by Crippen LogP contribution is 2.16. The zero-order valence-corrected chi connectivity index (χ0v) is 8.36. The van der Waals surface area contributed by atoms with Crippen LogP contribution in [0.3, 0.4) is 0 Å². The normalized spacial score (nSPS) is 12.6. The quantitative estimate of drug-likeness (QED) is 0.759. The van der Waals surface area contributed by atoms with Gasteiger partial charge in [0.2, 0.25) is 0 Å². The molecule has 0 saturated carbocycles. The number of aromatic nitrogens is 1. The highest BCUT2D eigenvalue weighted by molar-refractivity contribution is 5.50. The van der Waals surface area contributed by atoms with Crippen LogP contribution in [0.15, 0.2) is 18.5 Å². The fourth-order valence-electron chi connectivity index (χ4n) is 1.39. The first kappa shape index (κ1) is 9.99. The molecule has 0 aliphatic heterocycles. The lowest BCUT2D eigenvalue weighted by Gasteiger charge is -2.22. The summed E-state index contributed by atoms with van der Waals surface area (Å²) in [7, 11) is 1.97. The third kappa shape index (κ3) is 2.70. The van der Waals surface area contributed by atoms with E-state index in [0.29, 0.717) is 6.54 Å². The molecule has 1 atom stereocenters. The summed E-state index contributed by atoms with van der Waals surface area (Å²) < 4.78 is 0. The molecule has 1 rings (SSSR count). The van der Waals surface area contributed by atoms with Crippen molar-refractivity contribution in [3.63, 3.8) is 0 Å². The Morgan fingerprint density at radius 2 is 2.31 bits per heavy atom. The minimum atomic E-state index is -0.308. The first-order valence-electron chi connectivity index (χ1n) is 4.41. The average Bonchev–Trinajstić information content (AvgIpc) is 2.03. The number of aryl methyl sites for hydroxylation is 1. The van der Waals surface area contributed by atoms with Gasteiger partial charge in [-0.2, -0.15) is 0 Å². The Labute approximate surface area is 79.0 Å². The Kier molecular flexibility index (Phi) is 3.25. The molecular weight excluding hydrogens is 164 g/mol. The lowest BCUT2D eigenvalue weighted by Crippen LogP contribution is -2.27. The first-order chi connectivity index (χ1) is 6.11. The van der Waals surface area contributed by atoms with Crippen molar-refractivity contribution in [3.8, 4) is 0 Å². The Balaban J connectivity index is 2.76. The third-order valence-electron chi connectivity index (χ3n) is 1.94. The fourth-order valence-corrected chi connectivity index (χ4v) is 1.39. The van der Waals surface area contributed by atoms with Gasteiger partial charge in [-0.1, -0.05) is 0 Å². The number of hydrogen-bond acceptors (Lipinski definition) is 3. The van der Waals surface area contributed by atoms with Crippen LogP contribution < -0.4 is 4.90 Å². The summed E-state index contributed by atoms with van der Waals surface area (Å²) in [5.74, 6) is 0. The topological polar surface area (TPSA) is 36.4 Å². The molecule has 0 bridgehead atoms. The van der Waals surface area contributed by atoms with Gasteiger partial charge in [0, 0.05) is 31.7 Å². The summed E-state index contributed by atoms with van der Waals surface area (Å²) >= 11 is 0. The van der Waals surface area contributed by atoms with E-state index in [9.17, 15) is 5.11 Å². The van der Waals surface area contributed by atoms with Crippen LogP contribution in [0.2, 0.25) is 0 Å². The van der Waals surface area contributed by atoms with Crippen LogP contribution in [0.5, 0.6) is 0 Å². The van der Waals surface area contributed by atoms with Crippen molar-refractivity contribution in [2.75, 3.05) is 18.5 Å². The molecule has 0 radical (unpaired) electrons. The predicted octanol–water partition coefficient (Wildman–Crippen LogP) is 1.21. The summed E-state index contributed by atoms with van der Waals surface area (Å²) in [4.78, 5) is 6.05. The molecule has 0 aliphatic carbocycles. The second-order valence-electron chi connectivity index (χ2n) is 3.39. The zero-order valence-electron chi connectivity index (χ0n) is 8.36. The van der Waals surface area contributed by atoms with Crippen LogP contribution in [-0.2, 0) is 0 Å². The smallest absolute Gasteiger partial charge is 0.0686 e. The van der Waals surface area contributed by atoms with E-state index in [2.05, 4.69) is 4.98 Å². The van der Waals surface area contributed by atoms with E-state index < -0.39 is 0 Å². The second-order valence-corrected chi connectivity index (χ2v) is 3.39. The van der Waals surface area contributed by atoms with E-state index in [4.69, 9.17) is 0 Å². The van der Waals surface area contributed by atoms with Gasteiger partial charge in [-0.3, -0.25) is 4.98 Å². The van der Waals surface area contributed by atoms with Crippen molar-refractivity contribution in [2.24, 2.45) is 0 Å². The predicted molar refractivity (Wildman–Crippen MR) is 53.9 cm³/mol. The van der Waals surface area contributed by atoms with E-state index in [1.165, 1.54) is 0 Å². The lowest BCUT2D eigenvalue weighted by atomic mass is 10.2. The van der Waals surface area contributed by atoms with Crippen LogP contribution in [0.4, 0.5) is 5.69 Å². The molecule has 13 heavy (non-hydrogen) atoms. The second kappa shape index (κ2) is 4.23. The lowest BCUT2D eigenvalue weighted by molar-refractivity contribution is 0.201. The van der Waals surface area contributed by atoms with Gasteiger partial charge in [0.15, 0.2) is 0 Å². The molecule has 1 heterocycles. The van der Waals surface area contributed by atoms with Gasteiger partial charge >= 0.3 is 0 Å². The molecule has 0 amide bonds. The minimum Gasteiger partial charge on any atom is -0.392 e. The van der Waals surface area contributed by atoms with E-state index in [-0.39, 0.29) is 6.10 Å². The van der Waals surface area contributed by atoms with E-state index in [1.807, 2.05) is 31.1 Å². The summed E-state index contributed by atoms with van der Waals surface area (Å²) in [6.45, 7) is 4.44. The van der Waals surface area contributed by atoms with Gasteiger partial charge in [-0.25, -0.2) is 0 Å². The number of hydrogen-bond donors (Lipinski definition) is 1. The number of aliphatic hydroxyl groups is 1. The van der Waals surface area contributed by atoms with Crippen LogP contribution in [0, 0.1) is 6.92 Å². The molecule has 72 valence electrons. The first-order valence-corrected chi connectivity index (χ1v) is 4.41. The summed E-state index contributed by atoms with van der Waals surface area (Å²) in [5, 5.41) is 9.22. The number of aliphatic hydroxyl groups excluding tert-OH is 1.